The molecule has 3 aromatic carbocycles. The van der Waals surface area contributed by atoms with Gasteiger partial charge in [-0.05, 0) is 79.8 Å². The van der Waals surface area contributed by atoms with Gasteiger partial charge >= 0.3 is 16.5 Å². The number of aryl methyl sites for hydroxylation is 3. The Kier molecular flexibility index (Phi) is 41.5. The number of benzene rings is 3. The maximum Gasteiger partial charge on any atom is 2.00 e. The van der Waals surface area contributed by atoms with Crippen LogP contribution in [0.4, 0.5) is 11.4 Å². The topological polar surface area (TPSA) is 70.8 Å². The maximum atomic E-state index is 10.9. The Labute approximate surface area is 423 Å². The van der Waals surface area contributed by atoms with Crippen molar-refractivity contribution >= 4 is 23.3 Å². The molecule has 0 aliphatic rings. The molecule has 0 aliphatic carbocycles. The van der Waals surface area contributed by atoms with Crippen LogP contribution in [0.5, 0.6) is 11.5 Å². The number of hydrogen-bond acceptors (Lipinski definition) is 4. The standard InChI is InChI=1S/C54H88N2.C8H10O2.Ni/c1-4-7-10-13-16-19-22-25-28-31-34-37-44-54(56-53-46-39-43-51(48-53)41-36-33-30-27-24-21-18-15-12-9-6-3)49-55-52-45-38-42-50(47-52)40-35-32-29-26-23-20-17-14-11-8-5-2;1-2-6-4-3-5-7(9)8(6)10;/h38-39,42-43,45-49H,4-36,40-41H2,1-3H3;3-5,9-10H,2H2,1H3;/q;;+2/p-2. The van der Waals surface area contributed by atoms with Gasteiger partial charge in [0, 0.05) is 6.42 Å². The van der Waals surface area contributed by atoms with Gasteiger partial charge in [-0.25, -0.2) is 4.99 Å². The molecule has 0 atom stereocenters. The van der Waals surface area contributed by atoms with E-state index in [9.17, 15) is 10.2 Å². The number of nitrogens with zero attached hydrogens (tertiary/aromatic N) is 2. The molecular weight excluding hydrogens is 863 g/mol. The molecule has 4 nitrogen and oxygen atoms in total. The van der Waals surface area contributed by atoms with Crippen molar-refractivity contribution in [2.75, 3.05) is 0 Å². The first-order valence-electron chi connectivity index (χ1n) is 27.8. The molecule has 0 bridgehead atoms. The zero-order valence-corrected chi connectivity index (χ0v) is 44.4. The Balaban J connectivity index is 0.00000179. The van der Waals surface area contributed by atoms with E-state index in [1.807, 2.05) is 13.1 Å². The quantitative estimate of drug-likeness (QED) is 0.0248. The molecule has 0 spiro atoms. The molecule has 0 aromatic heterocycles. The fourth-order valence-corrected chi connectivity index (χ4v) is 8.62. The van der Waals surface area contributed by atoms with Crippen LogP contribution in [0.25, 0.3) is 0 Å². The smallest absolute Gasteiger partial charge is 0.873 e. The van der Waals surface area contributed by atoms with Crippen molar-refractivity contribution in [2.45, 2.75) is 259 Å². The molecule has 0 radical (unpaired) electrons. The van der Waals surface area contributed by atoms with E-state index in [4.69, 9.17) is 9.98 Å². The molecule has 0 amide bonds. The van der Waals surface area contributed by atoms with Gasteiger partial charge in [-0.1, -0.05) is 268 Å². The summed E-state index contributed by atoms with van der Waals surface area (Å²) in [5, 5.41) is 21.6. The molecule has 0 unspecified atom stereocenters. The third-order valence-corrected chi connectivity index (χ3v) is 12.9. The van der Waals surface area contributed by atoms with Crippen LogP contribution in [0.3, 0.4) is 0 Å². The van der Waals surface area contributed by atoms with Crippen molar-refractivity contribution in [3.8, 4) is 23.3 Å². The Morgan fingerprint density at radius 1 is 0.463 bits per heavy atom. The van der Waals surface area contributed by atoms with Crippen LogP contribution in [0.2, 0.25) is 0 Å². The summed E-state index contributed by atoms with van der Waals surface area (Å²) in [6, 6.07) is 22.2. The first-order chi connectivity index (χ1) is 32.5. The molecule has 3 aromatic rings. The Morgan fingerprint density at radius 2 is 0.851 bits per heavy atom. The van der Waals surface area contributed by atoms with Crippen molar-refractivity contribution in [2.24, 2.45) is 9.98 Å². The number of aliphatic imine (C=N–C) groups is 2. The van der Waals surface area contributed by atoms with Gasteiger partial charge < -0.3 is 10.2 Å². The van der Waals surface area contributed by atoms with Crippen LogP contribution in [0, 0.1) is 11.8 Å². The van der Waals surface area contributed by atoms with E-state index in [0.29, 0.717) is 12.0 Å². The minimum absolute atomic E-state index is 0. The maximum absolute atomic E-state index is 10.9. The molecule has 0 saturated carbocycles. The third kappa shape index (κ3) is 34.6. The molecule has 376 valence electrons. The molecule has 0 fully saturated rings. The molecule has 0 saturated heterocycles. The van der Waals surface area contributed by atoms with E-state index in [-0.39, 0.29) is 22.2 Å². The van der Waals surface area contributed by atoms with E-state index >= 15 is 0 Å². The van der Waals surface area contributed by atoms with Gasteiger partial charge in [0.15, 0.2) is 0 Å². The third-order valence-electron chi connectivity index (χ3n) is 12.9. The largest absolute Gasteiger partial charge is 2.00 e. The van der Waals surface area contributed by atoms with E-state index in [0.717, 1.165) is 36.3 Å². The van der Waals surface area contributed by atoms with Crippen LogP contribution < -0.4 is 10.2 Å². The van der Waals surface area contributed by atoms with Gasteiger partial charge in [-0.15, -0.1) is 11.5 Å². The van der Waals surface area contributed by atoms with Crippen molar-refractivity contribution in [1.29, 1.82) is 0 Å². The molecule has 3 rings (SSSR count). The first-order valence-corrected chi connectivity index (χ1v) is 27.8. The SMILES string of the molecule is CCCCCCCCCCCCC#CC(C=Nc1cccc(CCCCCCCCCCCCC)c1)=Nc1cccc(CCCCCCCCCCCCC)c1.CCc1cccc([O-])c1[O-].[Ni+2]. The number of rotatable bonds is 38. The minimum atomic E-state index is -0.403. The first kappa shape index (κ1) is 61.7. The van der Waals surface area contributed by atoms with Crippen molar-refractivity contribution in [1.82, 2.24) is 0 Å². The van der Waals surface area contributed by atoms with Crippen molar-refractivity contribution in [3.05, 3.63) is 83.4 Å². The van der Waals surface area contributed by atoms with E-state index in [1.165, 1.54) is 223 Å². The van der Waals surface area contributed by atoms with Crippen LogP contribution in [0.1, 0.15) is 256 Å². The fourth-order valence-electron chi connectivity index (χ4n) is 8.62. The van der Waals surface area contributed by atoms with Crippen LogP contribution >= 0.6 is 0 Å². The van der Waals surface area contributed by atoms with Gasteiger partial charge in [0.25, 0.3) is 0 Å². The number of para-hydroxylation sites is 1. The molecule has 0 aliphatic heterocycles. The summed E-state index contributed by atoms with van der Waals surface area (Å²) >= 11 is 0. The molecule has 67 heavy (non-hydrogen) atoms. The van der Waals surface area contributed by atoms with Gasteiger partial charge in [-0.3, -0.25) is 4.99 Å². The summed E-state index contributed by atoms with van der Waals surface area (Å²) in [7, 11) is 0. The average molecular weight is 960 g/mol. The second-order valence-electron chi connectivity index (χ2n) is 19.0. The van der Waals surface area contributed by atoms with E-state index in [2.05, 4.69) is 81.1 Å². The van der Waals surface area contributed by atoms with Crippen LogP contribution in [-0.2, 0) is 35.8 Å². The van der Waals surface area contributed by atoms with Crippen molar-refractivity contribution < 1.29 is 26.7 Å². The van der Waals surface area contributed by atoms with Gasteiger partial charge in [-0.2, -0.15) is 0 Å². The number of hydrogen-bond donors (Lipinski definition) is 0. The molecule has 5 heteroatoms. The second kappa shape index (κ2) is 45.1. The van der Waals surface area contributed by atoms with Gasteiger partial charge in [0.1, 0.15) is 5.71 Å². The Morgan fingerprint density at radius 3 is 1.28 bits per heavy atom. The van der Waals surface area contributed by atoms with E-state index in [1.54, 1.807) is 12.1 Å². The average Bonchev–Trinajstić information content (AvgIpc) is 3.33. The zero-order valence-electron chi connectivity index (χ0n) is 43.4. The predicted octanol–water partition coefficient (Wildman–Crippen LogP) is 18.6. The summed E-state index contributed by atoms with van der Waals surface area (Å²) < 4.78 is 0. The Hall–Kier alpha value is -3.35. The molecule has 0 N–H and O–H groups in total. The number of unbranched alkanes of at least 4 members (excludes halogenated alkanes) is 30. The monoisotopic (exact) mass is 959 g/mol. The van der Waals surface area contributed by atoms with Crippen LogP contribution in [-0.4, -0.2) is 11.9 Å². The zero-order chi connectivity index (χ0) is 47.4. The van der Waals surface area contributed by atoms with Crippen LogP contribution in [0.15, 0.2) is 76.7 Å². The minimum Gasteiger partial charge on any atom is -0.873 e. The normalized spacial score (nSPS) is 11.3. The van der Waals surface area contributed by atoms with Gasteiger partial charge in [0.05, 0.1) is 17.6 Å². The summed E-state index contributed by atoms with van der Waals surface area (Å²) in [5.74, 6) is 6.12. The fraction of sp³-hybridized carbons (Fsp3) is 0.645. The Bertz CT molecular complexity index is 1720. The summed E-state index contributed by atoms with van der Waals surface area (Å²) in [6.07, 6.45) is 49.6. The second-order valence-corrected chi connectivity index (χ2v) is 19.0. The predicted molar refractivity (Wildman–Crippen MR) is 287 cm³/mol. The van der Waals surface area contributed by atoms with Crippen molar-refractivity contribution in [3.63, 3.8) is 0 Å². The summed E-state index contributed by atoms with van der Waals surface area (Å²) in [4.78, 5) is 9.97. The molecule has 0 heterocycles. The molecular formula is C62H96N2NiO2. The van der Waals surface area contributed by atoms with E-state index < -0.39 is 5.75 Å². The van der Waals surface area contributed by atoms with Gasteiger partial charge in [0.2, 0.25) is 0 Å². The summed E-state index contributed by atoms with van der Waals surface area (Å²) in [6.45, 7) is 8.75. The summed E-state index contributed by atoms with van der Waals surface area (Å²) in [5.41, 5.74) is 6.13.